The SMILES string of the molecule is CCC(=O)C(CC(C)N(C)C)(c1ccccc1)c1ccc(OC)cc1. The van der Waals surface area contributed by atoms with Crippen LogP contribution in [-0.2, 0) is 10.2 Å². The minimum Gasteiger partial charge on any atom is -0.497 e. The van der Waals surface area contributed by atoms with E-state index in [-0.39, 0.29) is 11.8 Å². The van der Waals surface area contributed by atoms with Gasteiger partial charge in [-0.1, -0.05) is 49.4 Å². The normalized spacial score (nSPS) is 14.8. The Kier molecular flexibility index (Phi) is 6.38. The van der Waals surface area contributed by atoms with Gasteiger partial charge in [0, 0.05) is 12.5 Å². The highest BCUT2D eigenvalue weighted by Crippen LogP contribution is 2.40. The van der Waals surface area contributed by atoms with Crippen molar-refractivity contribution in [3.05, 3.63) is 65.7 Å². The van der Waals surface area contributed by atoms with Crippen LogP contribution in [-0.4, -0.2) is 37.9 Å². The van der Waals surface area contributed by atoms with Crippen molar-refractivity contribution in [2.75, 3.05) is 21.2 Å². The van der Waals surface area contributed by atoms with E-state index in [2.05, 4.69) is 38.1 Å². The topological polar surface area (TPSA) is 29.5 Å². The molecule has 2 aromatic rings. The van der Waals surface area contributed by atoms with Gasteiger partial charge in [-0.05, 0) is 50.7 Å². The molecule has 0 radical (unpaired) electrons. The van der Waals surface area contributed by atoms with Gasteiger partial charge in [-0.25, -0.2) is 0 Å². The average Bonchev–Trinajstić information content (AvgIpc) is 2.66. The van der Waals surface area contributed by atoms with Crippen molar-refractivity contribution >= 4 is 5.78 Å². The van der Waals surface area contributed by atoms with E-state index in [0.29, 0.717) is 6.42 Å². The monoisotopic (exact) mass is 339 g/mol. The summed E-state index contributed by atoms with van der Waals surface area (Å²) in [5, 5.41) is 0. The number of benzene rings is 2. The van der Waals surface area contributed by atoms with Crippen molar-refractivity contribution in [1.29, 1.82) is 0 Å². The summed E-state index contributed by atoms with van der Waals surface area (Å²) in [6.45, 7) is 4.12. The summed E-state index contributed by atoms with van der Waals surface area (Å²) in [4.78, 5) is 15.5. The molecular weight excluding hydrogens is 310 g/mol. The van der Waals surface area contributed by atoms with Gasteiger partial charge in [0.2, 0.25) is 0 Å². The van der Waals surface area contributed by atoms with Crippen LogP contribution < -0.4 is 4.74 Å². The molecule has 0 aliphatic carbocycles. The molecule has 0 saturated heterocycles. The number of carbonyl (C=O) groups is 1. The molecule has 0 saturated carbocycles. The molecule has 0 aromatic heterocycles. The fourth-order valence-corrected chi connectivity index (χ4v) is 3.36. The van der Waals surface area contributed by atoms with Crippen molar-refractivity contribution in [2.24, 2.45) is 0 Å². The second-order valence-electron chi connectivity index (χ2n) is 6.79. The van der Waals surface area contributed by atoms with Gasteiger partial charge in [0.25, 0.3) is 0 Å². The molecule has 0 heterocycles. The first-order valence-electron chi connectivity index (χ1n) is 8.85. The number of carbonyl (C=O) groups excluding carboxylic acids is 1. The van der Waals surface area contributed by atoms with E-state index in [1.54, 1.807) is 7.11 Å². The van der Waals surface area contributed by atoms with E-state index in [9.17, 15) is 4.79 Å². The number of Topliss-reactive ketones (excluding diaryl/α,β-unsaturated/α-hetero) is 1. The summed E-state index contributed by atoms with van der Waals surface area (Å²) in [6.07, 6.45) is 1.24. The van der Waals surface area contributed by atoms with Crippen LogP contribution in [0.5, 0.6) is 5.75 Å². The van der Waals surface area contributed by atoms with Gasteiger partial charge in [0.05, 0.1) is 12.5 Å². The minimum atomic E-state index is -0.647. The van der Waals surface area contributed by atoms with Gasteiger partial charge < -0.3 is 9.64 Å². The Morgan fingerprint density at radius 2 is 1.60 bits per heavy atom. The van der Waals surface area contributed by atoms with Gasteiger partial charge in [-0.15, -0.1) is 0 Å². The van der Waals surface area contributed by atoms with E-state index in [4.69, 9.17) is 4.74 Å². The lowest BCUT2D eigenvalue weighted by atomic mass is 9.67. The van der Waals surface area contributed by atoms with Crippen molar-refractivity contribution < 1.29 is 9.53 Å². The summed E-state index contributed by atoms with van der Waals surface area (Å²) in [5.41, 5.74) is 1.44. The van der Waals surface area contributed by atoms with Gasteiger partial charge in [-0.2, -0.15) is 0 Å². The number of hydrogen-bond acceptors (Lipinski definition) is 3. The third-order valence-corrected chi connectivity index (χ3v) is 5.13. The Bertz CT molecular complexity index is 679. The first kappa shape index (κ1) is 19.2. The molecule has 0 bridgehead atoms. The standard InChI is InChI=1S/C22H29NO2/c1-6-21(24)22(16-17(2)23(3)4,18-10-8-7-9-11-18)19-12-14-20(25-5)15-13-19/h7-15,17H,6,16H2,1-5H3. The smallest absolute Gasteiger partial charge is 0.147 e. The Morgan fingerprint density at radius 3 is 2.08 bits per heavy atom. The Morgan fingerprint density at radius 1 is 1.04 bits per heavy atom. The predicted molar refractivity (Wildman–Crippen MR) is 103 cm³/mol. The van der Waals surface area contributed by atoms with Crippen molar-refractivity contribution in [1.82, 2.24) is 4.90 Å². The maximum absolute atomic E-state index is 13.3. The van der Waals surface area contributed by atoms with E-state index in [1.165, 1.54) is 0 Å². The van der Waals surface area contributed by atoms with Crippen molar-refractivity contribution in [2.45, 2.75) is 38.1 Å². The van der Waals surface area contributed by atoms with E-state index < -0.39 is 5.41 Å². The first-order chi connectivity index (χ1) is 12.0. The molecule has 2 unspecified atom stereocenters. The summed E-state index contributed by atoms with van der Waals surface area (Å²) in [7, 11) is 5.78. The molecule has 0 N–H and O–H groups in total. The lowest BCUT2D eigenvalue weighted by molar-refractivity contribution is -0.123. The summed E-state index contributed by atoms with van der Waals surface area (Å²) >= 11 is 0. The van der Waals surface area contributed by atoms with Crippen LogP contribution in [0.4, 0.5) is 0 Å². The molecule has 2 atom stereocenters. The maximum Gasteiger partial charge on any atom is 0.147 e. The van der Waals surface area contributed by atoms with Crippen LogP contribution in [0.1, 0.15) is 37.8 Å². The van der Waals surface area contributed by atoms with Gasteiger partial charge in [0.15, 0.2) is 0 Å². The highest BCUT2D eigenvalue weighted by Gasteiger charge is 2.42. The second kappa shape index (κ2) is 8.30. The van der Waals surface area contributed by atoms with Crippen LogP contribution in [0, 0.1) is 0 Å². The first-order valence-corrected chi connectivity index (χ1v) is 8.85. The predicted octanol–water partition coefficient (Wildman–Crippen LogP) is 4.30. The van der Waals surface area contributed by atoms with Crippen LogP contribution in [0.3, 0.4) is 0 Å². The summed E-state index contributed by atoms with van der Waals surface area (Å²) in [6, 6.07) is 18.4. The van der Waals surface area contributed by atoms with Crippen molar-refractivity contribution in [3.8, 4) is 5.75 Å². The number of nitrogens with zero attached hydrogens (tertiary/aromatic N) is 1. The number of ether oxygens (including phenoxy) is 1. The Labute approximate surface area is 151 Å². The van der Waals surface area contributed by atoms with Gasteiger partial charge in [0.1, 0.15) is 11.5 Å². The molecule has 2 rings (SSSR count). The zero-order valence-electron chi connectivity index (χ0n) is 16.0. The highest BCUT2D eigenvalue weighted by molar-refractivity contribution is 5.93. The molecule has 134 valence electrons. The average molecular weight is 339 g/mol. The number of rotatable bonds is 8. The molecule has 0 aliphatic rings. The molecule has 0 fully saturated rings. The lowest BCUT2D eigenvalue weighted by Crippen LogP contribution is -2.42. The largest absolute Gasteiger partial charge is 0.497 e. The highest BCUT2D eigenvalue weighted by atomic mass is 16.5. The van der Waals surface area contributed by atoms with Crippen LogP contribution >= 0.6 is 0 Å². The summed E-state index contributed by atoms with van der Waals surface area (Å²) in [5.74, 6) is 1.05. The molecule has 3 nitrogen and oxygen atoms in total. The zero-order chi connectivity index (χ0) is 18.4. The second-order valence-corrected chi connectivity index (χ2v) is 6.79. The summed E-state index contributed by atoms with van der Waals surface area (Å²) < 4.78 is 5.30. The zero-order valence-corrected chi connectivity index (χ0v) is 16.0. The number of hydrogen-bond donors (Lipinski definition) is 0. The van der Waals surface area contributed by atoms with Crippen molar-refractivity contribution in [3.63, 3.8) is 0 Å². The molecule has 25 heavy (non-hydrogen) atoms. The molecule has 2 aromatic carbocycles. The minimum absolute atomic E-state index is 0.248. The van der Waals surface area contributed by atoms with Crippen LogP contribution in [0.15, 0.2) is 54.6 Å². The van der Waals surface area contributed by atoms with E-state index in [0.717, 1.165) is 23.3 Å². The molecule has 0 aliphatic heterocycles. The fraction of sp³-hybridized carbons (Fsp3) is 0.409. The molecule has 0 amide bonds. The third-order valence-electron chi connectivity index (χ3n) is 5.13. The quantitative estimate of drug-likeness (QED) is 0.718. The fourth-order valence-electron chi connectivity index (χ4n) is 3.36. The maximum atomic E-state index is 13.3. The lowest BCUT2D eigenvalue weighted by Gasteiger charge is -2.37. The van der Waals surface area contributed by atoms with E-state index >= 15 is 0 Å². The van der Waals surface area contributed by atoms with Gasteiger partial charge in [-0.3, -0.25) is 4.79 Å². The molecule has 3 heteroatoms. The van der Waals surface area contributed by atoms with E-state index in [1.807, 2.05) is 49.4 Å². The van der Waals surface area contributed by atoms with Crippen LogP contribution in [0.2, 0.25) is 0 Å². The molecular formula is C22H29NO2. The molecule has 0 spiro atoms. The number of methoxy groups -OCH3 is 1. The van der Waals surface area contributed by atoms with Crippen LogP contribution in [0.25, 0.3) is 0 Å². The van der Waals surface area contributed by atoms with Gasteiger partial charge >= 0.3 is 0 Å². The Balaban J connectivity index is 2.67. The third kappa shape index (κ3) is 3.93. The Hall–Kier alpha value is -2.13. The number of ketones is 1.